The minimum atomic E-state index is -0.986. The van der Waals surface area contributed by atoms with Crippen molar-refractivity contribution in [1.82, 2.24) is 5.32 Å². The Kier molecular flexibility index (Phi) is 6.75. The smallest absolute Gasteiger partial charge is 0.308 e. The number of nitrogens with zero attached hydrogens (tertiary/aromatic N) is 1. The van der Waals surface area contributed by atoms with Crippen LogP contribution in [0.2, 0.25) is 0 Å². The molecule has 0 saturated heterocycles. The zero-order valence-corrected chi connectivity index (χ0v) is 14.4. The molecule has 1 unspecified atom stereocenters. The van der Waals surface area contributed by atoms with Crippen LogP contribution >= 0.6 is 0 Å². The van der Waals surface area contributed by atoms with Gasteiger partial charge in [0.15, 0.2) is 0 Å². The second-order valence-corrected chi connectivity index (χ2v) is 5.79. The molecule has 0 radical (unpaired) electrons. The summed E-state index contributed by atoms with van der Waals surface area (Å²) in [6.07, 6.45) is 0.530. The van der Waals surface area contributed by atoms with E-state index < -0.39 is 11.9 Å². The summed E-state index contributed by atoms with van der Waals surface area (Å²) in [5, 5.41) is 20.8. The van der Waals surface area contributed by atoms with Crippen molar-refractivity contribution >= 4 is 11.9 Å². The lowest BCUT2D eigenvalue weighted by Gasteiger charge is -2.15. The van der Waals surface area contributed by atoms with Gasteiger partial charge in [-0.1, -0.05) is 30.3 Å². The van der Waals surface area contributed by atoms with Crippen LogP contribution in [0, 0.1) is 17.2 Å². The van der Waals surface area contributed by atoms with Crippen molar-refractivity contribution in [1.29, 1.82) is 5.26 Å². The van der Waals surface area contributed by atoms with Crippen LogP contribution in [0.15, 0.2) is 48.5 Å². The van der Waals surface area contributed by atoms with E-state index in [9.17, 15) is 14.7 Å². The van der Waals surface area contributed by atoms with Crippen molar-refractivity contribution < 1.29 is 19.4 Å². The number of hydrogen-bond acceptors (Lipinski definition) is 4. The third kappa shape index (κ3) is 5.08. The highest BCUT2D eigenvalue weighted by atomic mass is 16.5. The van der Waals surface area contributed by atoms with E-state index in [4.69, 9.17) is 10.00 Å². The third-order valence-corrected chi connectivity index (χ3v) is 4.02. The van der Waals surface area contributed by atoms with Crippen LogP contribution in [-0.2, 0) is 17.6 Å². The summed E-state index contributed by atoms with van der Waals surface area (Å²) in [5.74, 6) is -1.48. The molecule has 2 aromatic carbocycles. The number of nitriles is 1. The van der Waals surface area contributed by atoms with Crippen molar-refractivity contribution in [2.75, 3.05) is 13.7 Å². The Bertz CT molecular complexity index is 809. The Morgan fingerprint density at radius 3 is 2.50 bits per heavy atom. The quantitative estimate of drug-likeness (QED) is 0.760. The number of carboxylic acid groups (broad SMARTS) is 1. The summed E-state index contributed by atoms with van der Waals surface area (Å²) in [4.78, 5) is 23.8. The second kappa shape index (κ2) is 9.23. The fraction of sp³-hybridized carbons (Fsp3) is 0.250. The van der Waals surface area contributed by atoms with Crippen LogP contribution < -0.4 is 10.1 Å². The van der Waals surface area contributed by atoms with Gasteiger partial charge in [-0.05, 0) is 35.7 Å². The number of carbonyl (C=O) groups is 2. The lowest BCUT2D eigenvalue weighted by atomic mass is 9.98. The Labute approximate surface area is 152 Å². The summed E-state index contributed by atoms with van der Waals surface area (Å²) in [6, 6.07) is 15.9. The Morgan fingerprint density at radius 2 is 1.88 bits per heavy atom. The molecule has 0 fully saturated rings. The molecule has 2 N–H and O–H groups in total. The topological polar surface area (TPSA) is 99.4 Å². The van der Waals surface area contributed by atoms with Gasteiger partial charge in [0.25, 0.3) is 5.91 Å². The van der Waals surface area contributed by atoms with Crippen LogP contribution in [0.3, 0.4) is 0 Å². The molecule has 0 bridgehead atoms. The molecule has 134 valence electrons. The standard InChI is InChI=1S/C20H20N2O4/c1-26-18-5-3-2-4-16(18)12-17(20(24)25)13-22-19(23)15-8-6-14(7-9-15)10-11-21/h2-9,17H,10,12-13H2,1H3,(H,22,23)(H,24,25). The predicted octanol–water partition coefficient (Wildman–Crippen LogP) is 2.43. The molecule has 0 aromatic heterocycles. The number of aliphatic carboxylic acids is 1. The first-order valence-electron chi connectivity index (χ1n) is 8.14. The molecule has 0 spiro atoms. The van der Waals surface area contributed by atoms with E-state index in [0.717, 1.165) is 11.1 Å². The van der Waals surface area contributed by atoms with Gasteiger partial charge in [-0.3, -0.25) is 9.59 Å². The van der Waals surface area contributed by atoms with Crippen LogP contribution in [0.1, 0.15) is 21.5 Å². The molecule has 2 rings (SSSR count). The lowest BCUT2D eigenvalue weighted by Crippen LogP contribution is -2.34. The monoisotopic (exact) mass is 352 g/mol. The average molecular weight is 352 g/mol. The predicted molar refractivity (Wildman–Crippen MR) is 95.9 cm³/mol. The maximum atomic E-state index is 12.2. The number of para-hydroxylation sites is 1. The number of carbonyl (C=O) groups excluding carboxylic acids is 1. The van der Waals surface area contributed by atoms with Gasteiger partial charge in [-0.25, -0.2) is 0 Å². The number of nitrogens with one attached hydrogen (secondary N) is 1. The minimum Gasteiger partial charge on any atom is -0.496 e. The third-order valence-electron chi connectivity index (χ3n) is 4.02. The first-order valence-corrected chi connectivity index (χ1v) is 8.14. The van der Waals surface area contributed by atoms with Crippen LogP contribution in [-0.4, -0.2) is 30.6 Å². The molecule has 26 heavy (non-hydrogen) atoms. The normalized spacial score (nSPS) is 11.2. The number of ether oxygens (including phenoxy) is 1. The fourth-order valence-electron chi connectivity index (χ4n) is 2.57. The molecule has 6 heteroatoms. The van der Waals surface area contributed by atoms with Crippen molar-refractivity contribution in [3.05, 3.63) is 65.2 Å². The van der Waals surface area contributed by atoms with E-state index >= 15 is 0 Å². The highest BCUT2D eigenvalue weighted by Gasteiger charge is 2.21. The highest BCUT2D eigenvalue weighted by Crippen LogP contribution is 2.21. The van der Waals surface area contributed by atoms with Gasteiger partial charge in [-0.15, -0.1) is 0 Å². The van der Waals surface area contributed by atoms with Gasteiger partial charge in [-0.2, -0.15) is 5.26 Å². The molecule has 0 heterocycles. The Morgan fingerprint density at radius 1 is 1.19 bits per heavy atom. The average Bonchev–Trinajstić information content (AvgIpc) is 2.65. The summed E-state index contributed by atoms with van der Waals surface area (Å²) < 4.78 is 5.25. The van der Waals surface area contributed by atoms with E-state index in [2.05, 4.69) is 5.32 Å². The molecule has 0 saturated carbocycles. The summed E-state index contributed by atoms with van der Waals surface area (Å²) in [6.45, 7) is 0.00611. The molecule has 1 atom stereocenters. The number of amides is 1. The molecular formula is C20H20N2O4. The van der Waals surface area contributed by atoms with E-state index in [1.54, 1.807) is 30.3 Å². The van der Waals surface area contributed by atoms with E-state index in [1.807, 2.05) is 24.3 Å². The number of carboxylic acids is 1. The summed E-state index contributed by atoms with van der Waals surface area (Å²) >= 11 is 0. The van der Waals surface area contributed by atoms with E-state index in [1.165, 1.54) is 7.11 Å². The second-order valence-electron chi connectivity index (χ2n) is 5.79. The zero-order valence-electron chi connectivity index (χ0n) is 14.4. The van der Waals surface area contributed by atoms with Gasteiger partial charge in [0, 0.05) is 12.1 Å². The fourth-order valence-corrected chi connectivity index (χ4v) is 2.57. The van der Waals surface area contributed by atoms with Gasteiger partial charge in [0.05, 0.1) is 25.5 Å². The van der Waals surface area contributed by atoms with Crippen molar-refractivity contribution in [3.63, 3.8) is 0 Å². The number of hydrogen-bond donors (Lipinski definition) is 2. The molecule has 0 aliphatic carbocycles. The van der Waals surface area contributed by atoms with Crippen LogP contribution in [0.5, 0.6) is 5.75 Å². The number of rotatable bonds is 8. The first kappa shape index (κ1) is 19.0. The molecule has 1 amide bonds. The van der Waals surface area contributed by atoms with Gasteiger partial charge in [0.1, 0.15) is 5.75 Å². The van der Waals surface area contributed by atoms with Crippen molar-refractivity contribution in [2.45, 2.75) is 12.8 Å². The van der Waals surface area contributed by atoms with Crippen molar-refractivity contribution in [3.8, 4) is 11.8 Å². The Hall–Kier alpha value is -3.33. The highest BCUT2D eigenvalue weighted by molar-refractivity contribution is 5.94. The van der Waals surface area contributed by atoms with Gasteiger partial charge < -0.3 is 15.2 Å². The first-order chi connectivity index (χ1) is 12.5. The molecule has 6 nitrogen and oxygen atoms in total. The van der Waals surface area contributed by atoms with E-state index in [0.29, 0.717) is 11.3 Å². The summed E-state index contributed by atoms with van der Waals surface area (Å²) in [5.41, 5.74) is 2.02. The van der Waals surface area contributed by atoms with Crippen LogP contribution in [0.4, 0.5) is 0 Å². The maximum absolute atomic E-state index is 12.2. The molecule has 0 aliphatic heterocycles. The molecule has 2 aromatic rings. The van der Waals surface area contributed by atoms with Crippen molar-refractivity contribution in [2.24, 2.45) is 5.92 Å². The summed E-state index contributed by atoms with van der Waals surface area (Å²) in [7, 11) is 1.53. The van der Waals surface area contributed by atoms with Gasteiger partial charge in [0.2, 0.25) is 0 Å². The zero-order chi connectivity index (χ0) is 18.9. The number of methoxy groups -OCH3 is 1. The SMILES string of the molecule is COc1ccccc1CC(CNC(=O)c1ccc(CC#N)cc1)C(=O)O. The maximum Gasteiger partial charge on any atom is 0.308 e. The Balaban J connectivity index is 2.00. The minimum absolute atomic E-state index is 0.00611. The molecular weight excluding hydrogens is 332 g/mol. The lowest BCUT2D eigenvalue weighted by molar-refractivity contribution is -0.141. The van der Waals surface area contributed by atoms with Gasteiger partial charge >= 0.3 is 5.97 Å². The largest absolute Gasteiger partial charge is 0.496 e. The number of benzene rings is 2. The van der Waals surface area contributed by atoms with Crippen LogP contribution in [0.25, 0.3) is 0 Å². The molecule has 0 aliphatic rings. The van der Waals surface area contributed by atoms with E-state index in [-0.39, 0.29) is 25.3 Å².